The molecule has 5 nitrogen and oxygen atoms in total. The summed E-state index contributed by atoms with van der Waals surface area (Å²) in [5.41, 5.74) is 1.71. The maximum atomic E-state index is 12.9. The second-order valence-electron chi connectivity index (χ2n) is 6.83. The quantitative estimate of drug-likeness (QED) is 0.723. The molecule has 2 aromatic carbocycles. The van der Waals surface area contributed by atoms with Crippen LogP contribution in [0.2, 0.25) is 5.02 Å². The normalized spacial score (nSPS) is 14.6. The Bertz CT molecular complexity index is 825. The number of nitrogens with zero attached hydrogens (tertiary/aromatic N) is 2. The zero-order valence-corrected chi connectivity index (χ0v) is 17.5. The van der Waals surface area contributed by atoms with Crippen molar-refractivity contribution in [2.75, 3.05) is 43.8 Å². The molecule has 0 bridgehead atoms. The summed E-state index contributed by atoms with van der Waals surface area (Å²) in [7, 11) is 0. The van der Waals surface area contributed by atoms with Crippen LogP contribution < -0.4 is 5.32 Å². The standard InChI is InChI=1S/C21H23ClFN3O2S/c22-17-3-1-16(2-4-17)14-29-15-21(28)26-11-9-25(10-12-26)13-20(27)24-19-7-5-18(23)6-8-19/h1-8H,9-15H2,(H,24,27). The van der Waals surface area contributed by atoms with Gasteiger partial charge in [0.15, 0.2) is 0 Å². The highest BCUT2D eigenvalue weighted by molar-refractivity contribution is 7.99. The third kappa shape index (κ3) is 7.03. The van der Waals surface area contributed by atoms with Crippen molar-refractivity contribution in [2.24, 2.45) is 0 Å². The average Bonchev–Trinajstić information content (AvgIpc) is 2.71. The fourth-order valence-corrected chi connectivity index (χ4v) is 4.03. The van der Waals surface area contributed by atoms with E-state index in [0.717, 1.165) is 11.3 Å². The highest BCUT2D eigenvalue weighted by atomic mass is 35.5. The van der Waals surface area contributed by atoms with E-state index in [1.54, 1.807) is 11.8 Å². The molecule has 3 rings (SSSR count). The van der Waals surface area contributed by atoms with E-state index in [9.17, 15) is 14.0 Å². The summed E-state index contributed by atoms with van der Waals surface area (Å²) in [6.07, 6.45) is 0. The summed E-state index contributed by atoms with van der Waals surface area (Å²) >= 11 is 7.47. The summed E-state index contributed by atoms with van der Waals surface area (Å²) in [5, 5.41) is 3.47. The molecule has 0 aliphatic carbocycles. The largest absolute Gasteiger partial charge is 0.339 e. The van der Waals surface area contributed by atoms with Gasteiger partial charge in [0.1, 0.15) is 5.82 Å². The molecule has 1 heterocycles. The zero-order chi connectivity index (χ0) is 20.6. The van der Waals surface area contributed by atoms with Crippen LogP contribution in [0.4, 0.5) is 10.1 Å². The molecular formula is C21H23ClFN3O2S. The second kappa shape index (κ2) is 10.6. The minimum atomic E-state index is -0.338. The van der Waals surface area contributed by atoms with Crippen LogP contribution in [0, 0.1) is 5.82 Å². The summed E-state index contributed by atoms with van der Waals surface area (Å²) in [6.45, 7) is 2.80. The summed E-state index contributed by atoms with van der Waals surface area (Å²) in [4.78, 5) is 28.4. The molecule has 154 valence electrons. The SMILES string of the molecule is O=C(CN1CCN(C(=O)CSCc2ccc(Cl)cc2)CC1)Nc1ccc(F)cc1. The minimum Gasteiger partial charge on any atom is -0.339 e. The number of piperazine rings is 1. The minimum absolute atomic E-state index is 0.124. The number of thioether (sulfide) groups is 1. The van der Waals surface area contributed by atoms with E-state index >= 15 is 0 Å². The molecule has 0 unspecified atom stereocenters. The van der Waals surface area contributed by atoms with Crippen molar-refractivity contribution < 1.29 is 14.0 Å². The summed E-state index contributed by atoms with van der Waals surface area (Å²) in [6, 6.07) is 13.3. The third-order valence-corrected chi connectivity index (χ3v) is 5.87. The number of amides is 2. The molecule has 2 amide bonds. The van der Waals surface area contributed by atoms with Gasteiger partial charge in [-0.3, -0.25) is 14.5 Å². The lowest BCUT2D eigenvalue weighted by Crippen LogP contribution is -2.50. The first-order valence-electron chi connectivity index (χ1n) is 9.37. The Labute approximate surface area is 179 Å². The van der Waals surface area contributed by atoms with Gasteiger partial charge in [-0.15, -0.1) is 11.8 Å². The molecule has 0 aromatic heterocycles. The molecule has 0 atom stereocenters. The van der Waals surface area contributed by atoms with Gasteiger partial charge < -0.3 is 10.2 Å². The van der Waals surface area contributed by atoms with Crippen molar-refractivity contribution in [3.8, 4) is 0 Å². The van der Waals surface area contributed by atoms with Crippen LogP contribution in [0.5, 0.6) is 0 Å². The van der Waals surface area contributed by atoms with Crippen molar-refractivity contribution in [3.05, 3.63) is 64.9 Å². The maximum Gasteiger partial charge on any atom is 0.238 e. The molecule has 2 aromatic rings. The van der Waals surface area contributed by atoms with Crippen molar-refractivity contribution in [2.45, 2.75) is 5.75 Å². The maximum absolute atomic E-state index is 12.9. The van der Waals surface area contributed by atoms with E-state index in [1.165, 1.54) is 24.3 Å². The lowest BCUT2D eigenvalue weighted by molar-refractivity contribution is -0.130. The number of anilines is 1. The van der Waals surface area contributed by atoms with Gasteiger partial charge in [0.25, 0.3) is 0 Å². The second-order valence-corrected chi connectivity index (χ2v) is 8.25. The molecule has 29 heavy (non-hydrogen) atoms. The number of carbonyl (C=O) groups excluding carboxylic acids is 2. The van der Waals surface area contributed by atoms with Crippen LogP contribution in [-0.2, 0) is 15.3 Å². The number of carbonyl (C=O) groups is 2. The Balaban J connectivity index is 1.34. The Morgan fingerprint density at radius 3 is 2.31 bits per heavy atom. The zero-order valence-electron chi connectivity index (χ0n) is 15.9. The number of hydrogen-bond donors (Lipinski definition) is 1. The average molecular weight is 436 g/mol. The fraction of sp³-hybridized carbons (Fsp3) is 0.333. The summed E-state index contributed by atoms with van der Waals surface area (Å²) < 4.78 is 12.9. The van der Waals surface area contributed by atoms with E-state index in [2.05, 4.69) is 5.32 Å². The molecule has 8 heteroatoms. The van der Waals surface area contributed by atoms with Gasteiger partial charge in [-0.25, -0.2) is 4.39 Å². The highest BCUT2D eigenvalue weighted by Gasteiger charge is 2.22. The Morgan fingerprint density at radius 1 is 1.00 bits per heavy atom. The lowest BCUT2D eigenvalue weighted by atomic mass is 10.2. The van der Waals surface area contributed by atoms with Crippen molar-refractivity contribution >= 4 is 40.9 Å². The van der Waals surface area contributed by atoms with Gasteiger partial charge in [-0.05, 0) is 42.0 Å². The first-order chi connectivity index (χ1) is 14.0. The first-order valence-corrected chi connectivity index (χ1v) is 10.9. The van der Waals surface area contributed by atoms with Gasteiger partial charge in [0, 0.05) is 42.6 Å². The predicted octanol–water partition coefficient (Wildman–Crippen LogP) is 3.50. The Morgan fingerprint density at radius 2 is 1.66 bits per heavy atom. The highest BCUT2D eigenvalue weighted by Crippen LogP contribution is 2.16. The van der Waals surface area contributed by atoms with Gasteiger partial charge in [0.2, 0.25) is 11.8 Å². The number of benzene rings is 2. The van der Waals surface area contributed by atoms with Crippen molar-refractivity contribution in [1.29, 1.82) is 0 Å². The van der Waals surface area contributed by atoms with Crippen LogP contribution in [0.1, 0.15) is 5.56 Å². The first kappa shape index (κ1) is 21.6. The van der Waals surface area contributed by atoms with E-state index in [4.69, 9.17) is 11.6 Å². The van der Waals surface area contributed by atoms with Crippen molar-refractivity contribution in [3.63, 3.8) is 0 Å². The Hall–Kier alpha value is -2.09. The molecule has 1 fully saturated rings. The molecule has 1 saturated heterocycles. The monoisotopic (exact) mass is 435 g/mol. The van der Waals surface area contributed by atoms with Gasteiger partial charge in [0.05, 0.1) is 12.3 Å². The van der Waals surface area contributed by atoms with E-state index in [-0.39, 0.29) is 24.2 Å². The van der Waals surface area contributed by atoms with E-state index in [1.807, 2.05) is 34.1 Å². The van der Waals surface area contributed by atoms with Crippen LogP contribution >= 0.6 is 23.4 Å². The fourth-order valence-electron chi connectivity index (χ4n) is 3.02. The van der Waals surface area contributed by atoms with Gasteiger partial charge >= 0.3 is 0 Å². The molecular weight excluding hydrogens is 413 g/mol. The van der Waals surface area contributed by atoms with Crippen LogP contribution in [0.25, 0.3) is 0 Å². The number of nitrogens with one attached hydrogen (secondary N) is 1. The van der Waals surface area contributed by atoms with Crippen molar-refractivity contribution in [1.82, 2.24) is 9.80 Å². The van der Waals surface area contributed by atoms with Gasteiger partial charge in [-0.2, -0.15) is 0 Å². The number of halogens is 2. The van der Waals surface area contributed by atoms with E-state index in [0.29, 0.717) is 42.6 Å². The molecule has 1 aliphatic rings. The topological polar surface area (TPSA) is 52.7 Å². The molecule has 1 aliphatic heterocycles. The van der Waals surface area contributed by atoms with Crippen LogP contribution in [0.3, 0.4) is 0 Å². The molecule has 1 N–H and O–H groups in total. The lowest BCUT2D eigenvalue weighted by Gasteiger charge is -2.34. The third-order valence-electron chi connectivity index (χ3n) is 4.63. The molecule has 0 radical (unpaired) electrons. The predicted molar refractivity (Wildman–Crippen MR) is 116 cm³/mol. The van der Waals surface area contributed by atoms with Crippen LogP contribution in [-0.4, -0.2) is 60.1 Å². The smallest absolute Gasteiger partial charge is 0.238 e. The Kier molecular flexibility index (Phi) is 7.91. The van der Waals surface area contributed by atoms with Crippen LogP contribution in [0.15, 0.2) is 48.5 Å². The number of hydrogen-bond acceptors (Lipinski definition) is 4. The molecule has 0 spiro atoms. The summed E-state index contributed by atoms with van der Waals surface area (Å²) in [5.74, 6) is 0.851. The number of rotatable bonds is 7. The molecule has 0 saturated carbocycles. The van der Waals surface area contributed by atoms with E-state index < -0.39 is 0 Å². The van der Waals surface area contributed by atoms with Gasteiger partial charge in [-0.1, -0.05) is 23.7 Å².